The average Bonchev–Trinajstić information content (AvgIpc) is 2.44. The highest BCUT2D eigenvalue weighted by atomic mass is 15.0. The first-order valence-corrected chi connectivity index (χ1v) is 7.46. The molecule has 0 atom stereocenters. The summed E-state index contributed by atoms with van der Waals surface area (Å²) in [5, 5.41) is 0. The summed E-state index contributed by atoms with van der Waals surface area (Å²) in [4.78, 5) is 2.25. The van der Waals surface area contributed by atoms with Crippen LogP contribution in [0.4, 0.5) is 0 Å². The Labute approximate surface area is 123 Å². The molecule has 0 amide bonds. The second kappa shape index (κ2) is 7.25. The Balaban J connectivity index is 1.93. The van der Waals surface area contributed by atoms with Crippen molar-refractivity contribution >= 4 is 0 Å². The third-order valence-corrected chi connectivity index (χ3v) is 3.63. The van der Waals surface area contributed by atoms with Crippen LogP contribution in [0, 0.1) is 6.92 Å². The Morgan fingerprint density at radius 1 is 0.850 bits per heavy atom. The number of benzene rings is 2. The van der Waals surface area contributed by atoms with Crippen LogP contribution in [0.1, 0.15) is 24.0 Å². The molecule has 0 aliphatic heterocycles. The topological polar surface area (TPSA) is 3.24 Å². The van der Waals surface area contributed by atoms with E-state index in [9.17, 15) is 0 Å². The molecule has 0 N–H and O–H groups in total. The quantitative estimate of drug-likeness (QED) is 0.694. The Bertz CT molecular complexity index is 526. The van der Waals surface area contributed by atoms with Gasteiger partial charge >= 0.3 is 0 Å². The van der Waals surface area contributed by atoms with Gasteiger partial charge in [0.2, 0.25) is 0 Å². The van der Waals surface area contributed by atoms with Crippen molar-refractivity contribution in [2.24, 2.45) is 0 Å². The van der Waals surface area contributed by atoms with E-state index in [2.05, 4.69) is 74.4 Å². The predicted octanol–water partition coefficient (Wildman–Crippen LogP) is 4.55. The molecule has 2 rings (SSSR count). The second-order valence-electron chi connectivity index (χ2n) is 5.83. The van der Waals surface area contributed by atoms with Gasteiger partial charge in [-0.05, 0) is 63.5 Å². The summed E-state index contributed by atoms with van der Waals surface area (Å²) in [6.45, 7) is 3.32. The number of rotatable bonds is 6. The van der Waals surface area contributed by atoms with Gasteiger partial charge in [0.05, 0.1) is 0 Å². The molecule has 2 aromatic carbocycles. The van der Waals surface area contributed by atoms with Gasteiger partial charge in [0, 0.05) is 0 Å². The fraction of sp³-hybridized carbons (Fsp3) is 0.368. The van der Waals surface area contributed by atoms with E-state index in [1.807, 2.05) is 0 Å². The van der Waals surface area contributed by atoms with Crippen molar-refractivity contribution in [2.45, 2.75) is 26.2 Å². The molecule has 0 aliphatic rings. The summed E-state index contributed by atoms with van der Waals surface area (Å²) < 4.78 is 0. The fourth-order valence-electron chi connectivity index (χ4n) is 2.45. The van der Waals surface area contributed by atoms with Crippen molar-refractivity contribution in [3.05, 3.63) is 59.7 Å². The summed E-state index contributed by atoms with van der Waals surface area (Å²) in [5.41, 5.74) is 5.38. The predicted molar refractivity (Wildman–Crippen MR) is 88.1 cm³/mol. The smallest absolute Gasteiger partial charge is 0.00247 e. The van der Waals surface area contributed by atoms with Gasteiger partial charge in [0.1, 0.15) is 0 Å². The van der Waals surface area contributed by atoms with Crippen molar-refractivity contribution in [3.63, 3.8) is 0 Å². The third kappa shape index (κ3) is 4.50. The highest BCUT2D eigenvalue weighted by molar-refractivity contribution is 5.64. The van der Waals surface area contributed by atoms with E-state index in [1.54, 1.807) is 0 Å². The average molecular weight is 267 g/mol. The molecule has 0 fully saturated rings. The van der Waals surface area contributed by atoms with E-state index in [0.29, 0.717) is 0 Å². The van der Waals surface area contributed by atoms with Crippen molar-refractivity contribution in [1.29, 1.82) is 0 Å². The van der Waals surface area contributed by atoms with E-state index in [1.165, 1.54) is 48.1 Å². The van der Waals surface area contributed by atoms with Crippen molar-refractivity contribution in [3.8, 4) is 11.1 Å². The lowest BCUT2D eigenvalue weighted by atomic mass is 10.0. The standard InChI is InChI=1S/C19H25N/c1-16-7-6-9-19(15-16)18-12-10-17(11-13-18)8-4-5-14-20(2)3/h6-7,9-13,15H,4-5,8,14H2,1-3H3. The minimum atomic E-state index is 1.18. The number of hydrogen-bond acceptors (Lipinski definition) is 1. The lowest BCUT2D eigenvalue weighted by molar-refractivity contribution is 0.394. The van der Waals surface area contributed by atoms with Crippen LogP contribution in [-0.2, 0) is 6.42 Å². The van der Waals surface area contributed by atoms with Crippen LogP contribution in [-0.4, -0.2) is 25.5 Å². The molecule has 106 valence electrons. The van der Waals surface area contributed by atoms with Crippen molar-refractivity contribution < 1.29 is 0 Å². The van der Waals surface area contributed by atoms with Crippen LogP contribution in [0.25, 0.3) is 11.1 Å². The zero-order valence-electron chi connectivity index (χ0n) is 12.9. The lowest BCUT2D eigenvalue weighted by Crippen LogP contribution is -2.12. The zero-order chi connectivity index (χ0) is 14.4. The first-order valence-electron chi connectivity index (χ1n) is 7.46. The second-order valence-corrected chi connectivity index (χ2v) is 5.83. The minimum Gasteiger partial charge on any atom is -0.309 e. The molecule has 20 heavy (non-hydrogen) atoms. The van der Waals surface area contributed by atoms with E-state index in [0.717, 1.165) is 0 Å². The molecule has 2 aromatic rings. The number of hydrogen-bond donors (Lipinski definition) is 0. The Kier molecular flexibility index (Phi) is 5.37. The number of aryl methyl sites for hydroxylation is 2. The van der Waals surface area contributed by atoms with Gasteiger partial charge in [-0.15, -0.1) is 0 Å². The Morgan fingerprint density at radius 3 is 2.25 bits per heavy atom. The molecule has 0 aliphatic carbocycles. The van der Waals surface area contributed by atoms with Crippen molar-refractivity contribution in [2.75, 3.05) is 20.6 Å². The van der Waals surface area contributed by atoms with Gasteiger partial charge in [0.15, 0.2) is 0 Å². The van der Waals surface area contributed by atoms with Crippen LogP contribution >= 0.6 is 0 Å². The molecule has 1 nitrogen and oxygen atoms in total. The SMILES string of the molecule is Cc1cccc(-c2ccc(CCCCN(C)C)cc2)c1. The van der Waals surface area contributed by atoms with E-state index in [4.69, 9.17) is 0 Å². The molecule has 0 bridgehead atoms. The van der Waals surface area contributed by atoms with Crippen molar-refractivity contribution in [1.82, 2.24) is 4.90 Å². The first-order chi connectivity index (χ1) is 9.65. The first kappa shape index (κ1) is 14.8. The minimum absolute atomic E-state index is 1.18. The van der Waals surface area contributed by atoms with Crippen LogP contribution in [0.3, 0.4) is 0 Å². The molecule has 0 unspecified atom stereocenters. The van der Waals surface area contributed by atoms with Gasteiger partial charge in [0.25, 0.3) is 0 Å². The monoisotopic (exact) mass is 267 g/mol. The van der Waals surface area contributed by atoms with Gasteiger partial charge < -0.3 is 4.90 Å². The number of nitrogens with zero attached hydrogens (tertiary/aromatic N) is 1. The molecule has 0 heterocycles. The van der Waals surface area contributed by atoms with Crippen LogP contribution < -0.4 is 0 Å². The van der Waals surface area contributed by atoms with Crippen LogP contribution in [0.15, 0.2) is 48.5 Å². The number of unbranched alkanes of at least 4 members (excludes halogenated alkanes) is 1. The maximum Gasteiger partial charge on any atom is -0.00247 e. The third-order valence-electron chi connectivity index (χ3n) is 3.63. The van der Waals surface area contributed by atoms with Gasteiger partial charge in [-0.3, -0.25) is 0 Å². The molecule has 0 spiro atoms. The maximum absolute atomic E-state index is 2.27. The molecule has 0 radical (unpaired) electrons. The van der Waals surface area contributed by atoms with Gasteiger partial charge in [-0.2, -0.15) is 0 Å². The molecule has 0 saturated heterocycles. The lowest BCUT2D eigenvalue weighted by Gasteiger charge is -2.09. The van der Waals surface area contributed by atoms with Gasteiger partial charge in [-0.25, -0.2) is 0 Å². The molecule has 1 heteroatoms. The van der Waals surface area contributed by atoms with Gasteiger partial charge in [-0.1, -0.05) is 54.1 Å². The highest BCUT2D eigenvalue weighted by Gasteiger charge is 1.99. The Morgan fingerprint density at radius 2 is 1.60 bits per heavy atom. The Hall–Kier alpha value is -1.60. The summed E-state index contributed by atoms with van der Waals surface area (Å²) in [6, 6.07) is 17.7. The van der Waals surface area contributed by atoms with Crippen LogP contribution in [0.5, 0.6) is 0 Å². The largest absolute Gasteiger partial charge is 0.309 e. The molecular weight excluding hydrogens is 242 g/mol. The van der Waals surface area contributed by atoms with E-state index >= 15 is 0 Å². The van der Waals surface area contributed by atoms with Crippen LogP contribution in [0.2, 0.25) is 0 Å². The molecular formula is C19H25N. The molecule has 0 aromatic heterocycles. The summed E-state index contributed by atoms with van der Waals surface area (Å²) >= 11 is 0. The normalized spacial score (nSPS) is 11.0. The maximum atomic E-state index is 2.27. The summed E-state index contributed by atoms with van der Waals surface area (Å²) in [6.07, 6.45) is 3.72. The fourth-order valence-corrected chi connectivity index (χ4v) is 2.45. The zero-order valence-corrected chi connectivity index (χ0v) is 12.9. The van der Waals surface area contributed by atoms with E-state index in [-0.39, 0.29) is 0 Å². The van der Waals surface area contributed by atoms with E-state index < -0.39 is 0 Å². The highest BCUT2D eigenvalue weighted by Crippen LogP contribution is 2.21. The molecule has 0 saturated carbocycles. The summed E-state index contributed by atoms with van der Waals surface area (Å²) in [7, 11) is 4.27. The summed E-state index contributed by atoms with van der Waals surface area (Å²) in [5.74, 6) is 0.